The number of hydrogen-bond donors (Lipinski definition) is 1. The maximum atomic E-state index is 12.6. The summed E-state index contributed by atoms with van der Waals surface area (Å²) in [4.78, 5) is 14.8. The van der Waals surface area contributed by atoms with E-state index in [9.17, 15) is 4.79 Å². The van der Waals surface area contributed by atoms with Crippen molar-refractivity contribution in [2.24, 2.45) is 7.05 Å². The summed E-state index contributed by atoms with van der Waals surface area (Å²) >= 11 is 5.99. The number of nitrogens with zero attached hydrogens (tertiary/aromatic N) is 4. The van der Waals surface area contributed by atoms with Crippen molar-refractivity contribution in [2.45, 2.75) is 12.1 Å². The van der Waals surface area contributed by atoms with Crippen LogP contribution in [0.2, 0.25) is 5.02 Å². The first kappa shape index (κ1) is 16.9. The molecule has 2 heterocycles. The van der Waals surface area contributed by atoms with Crippen molar-refractivity contribution in [1.29, 1.82) is 0 Å². The lowest BCUT2D eigenvalue weighted by Crippen LogP contribution is -2.48. The fraction of sp³-hybridized carbons (Fsp3) is 0.438. The van der Waals surface area contributed by atoms with Gasteiger partial charge >= 0.3 is 0 Å². The number of aromatic nitrogens is 3. The highest BCUT2D eigenvalue weighted by Gasteiger charge is 2.30. The zero-order chi connectivity index (χ0) is 17.1. The lowest BCUT2D eigenvalue weighted by molar-refractivity contribution is -0.0381. The third-order valence-corrected chi connectivity index (χ3v) is 4.38. The molecule has 8 heteroatoms. The van der Waals surface area contributed by atoms with Gasteiger partial charge < -0.3 is 15.0 Å². The lowest BCUT2D eigenvalue weighted by atomic mass is 9.99. The predicted molar refractivity (Wildman–Crippen MR) is 89.9 cm³/mol. The quantitative estimate of drug-likeness (QED) is 0.900. The number of benzene rings is 1. The van der Waals surface area contributed by atoms with Crippen molar-refractivity contribution in [3.05, 3.63) is 46.7 Å². The van der Waals surface area contributed by atoms with E-state index in [1.54, 1.807) is 7.05 Å². The van der Waals surface area contributed by atoms with Gasteiger partial charge in [0.2, 0.25) is 0 Å². The number of morpholine rings is 1. The molecule has 3 rings (SSSR count). The average molecular weight is 350 g/mol. The summed E-state index contributed by atoms with van der Waals surface area (Å²) in [5.41, 5.74) is 1.35. The summed E-state index contributed by atoms with van der Waals surface area (Å²) in [6.45, 7) is 2.25. The van der Waals surface area contributed by atoms with Crippen LogP contribution >= 0.6 is 11.6 Å². The second-order valence-corrected chi connectivity index (χ2v) is 6.35. The minimum absolute atomic E-state index is 0.143. The summed E-state index contributed by atoms with van der Waals surface area (Å²) < 4.78 is 7.36. The maximum absolute atomic E-state index is 12.6. The van der Waals surface area contributed by atoms with E-state index < -0.39 is 0 Å². The van der Waals surface area contributed by atoms with E-state index in [2.05, 4.69) is 20.5 Å². The van der Waals surface area contributed by atoms with Crippen LogP contribution in [0.25, 0.3) is 0 Å². The van der Waals surface area contributed by atoms with Gasteiger partial charge in [-0.25, -0.2) is 4.68 Å². The molecule has 1 aromatic carbocycles. The van der Waals surface area contributed by atoms with Crippen molar-refractivity contribution in [3.8, 4) is 0 Å². The normalized spacial score (nSPS) is 19.9. The number of aryl methyl sites for hydroxylation is 1. The van der Waals surface area contributed by atoms with Crippen molar-refractivity contribution in [2.75, 3.05) is 26.7 Å². The standard InChI is InChI=1S/C16H20ClN5O2/c1-21-7-8-24-14(10-21)15(11-3-5-12(17)6-4-11)19-16(23)13-9-18-20-22(13)2/h3-6,9,14-15H,7-8,10H2,1-2H3,(H,19,23). The molecule has 1 aliphatic heterocycles. The number of rotatable bonds is 4. The average Bonchev–Trinajstić information content (AvgIpc) is 2.99. The van der Waals surface area contributed by atoms with E-state index in [1.807, 2.05) is 31.3 Å². The van der Waals surface area contributed by atoms with Gasteiger partial charge in [-0.1, -0.05) is 28.9 Å². The van der Waals surface area contributed by atoms with Crippen LogP contribution in [0.4, 0.5) is 0 Å². The second kappa shape index (κ2) is 7.29. The second-order valence-electron chi connectivity index (χ2n) is 5.92. The van der Waals surface area contributed by atoms with Crippen molar-refractivity contribution in [3.63, 3.8) is 0 Å². The molecule has 2 aromatic rings. The van der Waals surface area contributed by atoms with E-state index in [0.717, 1.165) is 18.7 Å². The monoisotopic (exact) mass is 349 g/mol. The van der Waals surface area contributed by atoms with Crippen LogP contribution in [0, 0.1) is 0 Å². The fourth-order valence-electron chi connectivity index (χ4n) is 2.78. The Morgan fingerprint density at radius 1 is 1.38 bits per heavy atom. The molecule has 0 saturated carbocycles. The molecule has 1 fully saturated rings. The number of likely N-dealkylation sites (N-methyl/N-ethyl adjacent to an activating group) is 1. The van der Waals surface area contributed by atoms with E-state index in [4.69, 9.17) is 16.3 Å². The van der Waals surface area contributed by atoms with Gasteiger partial charge in [-0.05, 0) is 24.7 Å². The van der Waals surface area contributed by atoms with Gasteiger partial charge in [0, 0.05) is 25.2 Å². The summed E-state index contributed by atoms with van der Waals surface area (Å²) in [5, 5.41) is 11.3. The molecular weight excluding hydrogens is 330 g/mol. The van der Waals surface area contributed by atoms with E-state index >= 15 is 0 Å². The zero-order valence-electron chi connectivity index (χ0n) is 13.6. The van der Waals surface area contributed by atoms with E-state index in [1.165, 1.54) is 10.9 Å². The Balaban J connectivity index is 1.85. The Morgan fingerprint density at radius 2 is 2.12 bits per heavy atom. The summed E-state index contributed by atoms with van der Waals surface area (Å²) in [6.07, 6.45) is 1.30. The van der Waals surface area contributed by atoms with Gasteiger partial charge in [0.15, 0.2) is 0 Å². The molecule has 1 N–H and O–H groups in total. The van der Waals surface area contributed by atoms with Gasteiger partial charge in [-0.15, -0.1) is 5.10 Å². The van der Waals surface area contributed by atoms with E-state index in [-0.39, 0.29) is 18.1 Å². The summed E-state index contributed by atoms with van der Waals surface area (Å²) in [7, 11) is 3.73. The summed E-state index contributed by atoms with van der Waals surface area (Å²) in [5.74, 6) is -0.237. The van der Waals surface area contributed by atoms with Gasteiger partial charge in [0.05, 0.1) is 24.9 Å². The van der Waals surface area contributed by atoms with Gasteiger partial charge in [-0.2, -0.15) is 0 Å². The fourth-order valence-corrected chi connectivity index (χ4v) is 2.91. The van der Waals surface area contributed by atoms with Crippen LogP contribution in [-0.2, 0) is 11.8 Å². The number of halogens is 1. The van der Waals surface area contributed by atoms with Crippen LogP contribution in [0.5, 0.6) is 0 Å². The van der Waals surface area contributed by atoms with Crippen LogP contribution in [0.15, 0.2) is 30.5 Å². The third kappa shape index (κ3) is 3.75. The third-order valence-electron chi connectivity index (χ3n) is 4.13. The molecule has 7 nitrogen and oxygen atoms in total. The molecule has 2 unspecified atom stereocenters. The van der Waals surface area contributed by atoms with Crippen LogP contribution in [-0.4, -0.2) is 58.6 Å². The largest absolute Gasteiger partial charge is 0.373 e. The zero-order valence-corrected chi connectivity index (χ0v) is 14.4. The highest BCUT2D eigenvalue weighted by atomic mass is 35.5. The molecule has 1 aromatic heterocycles. The van der Waals surface area contributed by atoms with E-state index in [0.29, 0.717) is 17.3 Å². The molecular formula is C16H20ClN5O2. The van der Waals surface area contributed by atoms with Crippen molar-refractivity contribution >= 4 is 17.5 Å². The minimum atomic E-state index is -0.285. The number of nitrogens with one attached hydrogen (secondary N) is 1. The number of ether oxygens (including phenoxy) is 1. The molecule has 0 bridgehead atoms. The molecule has 1 saturated heterocycles. The first-order valence-electron chi connectivity index (χ1n) is 7.76. The SMILES string of the molecule is CN1CCOC(C(NC(=O)c2cnnn2C)c2ccc(Cl)cc2)C1. The topological polar surface area (TPSA) is 72.3 Å². The highest BCUT2D eigenvalue weighted by Crippen LogP contribution is 2.24. The lowest BCUT2D eigenvalue weighted by Gasteiger charge is -2.35. The van der Waals surface area contributed by atoms with Gasteiger partial charge in [-0.3, -0.25) is 4.79 Å². The Morgan fingerprint density at radius 3 is 2.75 bits per heavy atom. The number of hydrogen-bond acceptors (Lipinski definition) is 5. The highest BCUT2D eigenvalue weighted by molar-refractivity contribution is 6.30. The molecule has 0 radical (unpaired) electrons. The Labute approximate surface area is 145 Å². The molecule has 0 aliphatic carbocycles. The van der Waals surface area contributed by atoms with Gasteiger partial charge in [0.25, 0.3) is 5.91 Å². The van der Waals surface area contributed by atoms with Crippen molar-refractivity contribution in [1.82, 2.24) is 25.2 Å². The maximum Gasteiger partial charge on any atom is 0.271 e. The first-order valence-corrected chi connectivity index (χ1v) is 8.13. The Bertz CT molecular complexity index is 703. The van der Waals surface area contributed by atoms with Gasteiger partial charge in [0.1, 0.15) is 5.69 Å². The smallest absolute Gasteiger partial charge is 0.271 e. The van der Waals surface area contributed by atoms with Crippen LogP contribution < -0.4 is 5.32 Å². The molecule has 24 heavy (non-hydrogen) atoms. The molecule has 0 spiro atoms. The molecule has 128 valence electrons. The van der Waals surface area contributed by atoms with Crippen LogP contribution in [0.3, 0.4) is 0 Å². The number of carbonyl (C=O) groups is 1. The molecule has 1 aliphatic rings. The molecule has 1 amide bonds. The number of carbonyl (C=O) groups excluding carboxylic acids is 1. The van der Waals surface area contributed by atoms with Crippen LogP contribution in [0.1, 0.15) is 22.1 Å². The predicted octanol–water partition coefficient (Wildman–Crippen LogP) is 1.27. The summed E-state index contributed by atoms with van der Waals surface area (Å²) in [6, 6.07) is 7.16. The minimum Gasteiger partial charge on any atom is -0.373 e. The Hall–Kier alpha value is -1.96. The first-order chi connectivity index (χ1) is 11.5. The Kier molecular flexibility index (Phi) is 5.13. The number of amides is 1. The molecule has 2 atom stereocenters. The van der Waals surface area contributed by atoms with Crippen molar-refractivity contribution < 1.29 is 9.53 Å².